The fourth-order valence-corrected chi connectivity index (χ4v) is 1.35. The highest BCUT2D eigenvalue weighted by Crippen LogP contribution is 2.13. The van der Waals surface area contributed by atoms with E-state index in [4.69, 9.17) is 4.74 Å². The predicted octanol–water partition coefficient (Wildman–Crippen LogP) is 0.858. The molecule has 0 aromatic rings. The highest BCUT2D eigenvalue weighted by atomic mass is 16.5. The maximum atomic E-state index is 11.0. The minimum Gasteiger partial charge on any atom is -0.466 e. The number of nitrogens with one attached hydrogen (secondary N) is 1. The number of hydrogen-bond donors (Lipinski definition) is 1. The molecule has 1 fully saturated rings. The van der Waals surface area contributed by atoms with Crippen LogP contribution >= 0.6 is 0 Å². The number of esters is 1. The maximum Gasteiger partial charge on any atom is 0.307 e. The summed E-state index contributed by atoms with van der Waals surface area (Å²) in [5.74, 6) is -0.121. The zero-order chi connectivity index (χ0) is 8.97. The van der Waals surface area contributed by atoms with Crippen LogP contribution in [-0.4, -0.2) is 25.2 Å². The second-order valence-electron chi connectivity index (χ2n) is 3.04. The molecule has 0 unspecified atom stereocenters. The lowest BCUT2D eigenvalue weighted by Crippen LogP contribution is -2.25. The van der Waals surface area contributed by atoms with E-state index in [-0.39, 0.29) is 12.0 Å². The van der Waals surface area contributed by atoms with Gasteiger partial charge in [-0.3, -0.25) is 4.79 Å². The molecule has 0 aromatic carbocycles. The summed E-state index contributed by atoms with van der Waals surface area (Å²) in [6.07, 6.45) is 1.37. The molecule has 1 N–H and O–H groups in total. The van der Waals surface area contributed by atoms with Gasteiger partial charge in [0.15, 0.2) is 0 Å². The summed E-state index contributed by atoms with van der Waals surface area (Å²) in [5.41, 5.74) is 1.17. The smallest absolute Gasteiger partial charge is 0.307 e. The monoisotopic (exact) mass is 169 g/mol. The van der Waals surface area contributed by atoms with Crippen LogP contribution in [0.15, 0.2) is 12.2 Å². The van der Waals surface area contributed by atoms with Crippen molar-refractivity contribution >= 4 is 5.97 Å². The Balaban J connectivity index is 2.23. The van der Waals surface area contributed by atoms with E-state index in [0.717, 1.165) is 13.0 Å². The molecule has 0 saturated carbocycles. The molecule has 1 aliphatic heterocycles. The lowest BCUT2D eigenvalue weighted by atomic mass is 10.1. The van der Waals surface area contributed by atoms with Crippen LogP contribution in [0.4, 0.5) is 0 Å². The molecular weight excluding hydrogens is 154 g/mol. The molecule has 0 bridgehead atoms. The van der Waals surface area contributed by atoms with Gasteiger partial charge in [-0.05, 0) is 13.3 Å². The topological polar surface area (TPSA) is 38.3 Å². The zero-order valence-corrected chi connectivity index (χ0v) is 7.43. The molecular formula is C9H15NO2. The average Bonchev–Trinajstić information content (AvgIpc) is 2.36. The van der Waals surface area contributed by atoms with Gasteiger partial charge in [0, 0.05) is 12.6 Å². The van der Waals surface area contributed by atoms with Crippen LogP contribution in [-0.2, 0) is 9.53 Å². The number of carbonyl (C=O) groups excluding carboxylic acids is 1. The molecule has 0 amide bonds. The molecule has 1 rings (SSSR count). The first-order valence-corrected chi connectivity index (χ1v) is 4.28. The largest absolute Gasteiger partial charge is 0.466 e. The molecule has 1 atom stereocenters. The van der Waals surface area contributed by atoms with Crippen LogP contribution in [0.2, 0.25) is 0 Å². The minimum absolute atomic E-state index is 0.121. The summed E-state index contributed by atoms with van der Waals surface area (Å²) in [4.78, 5) is 11.0. The van der Waals surface area contributed by atoms with Gasteiger partial charge in [0.25, 0.3) is 0 Å². The molecule has 0 radical (unpaired) electrons. The number of ether oxygens (including phenoxy) is 1. The highest BCUT2D eigenvalue weighted by Gasteiger charge is 2.20. The lowest BCUT2D eigenvalue weighted by Gasteiger charge is -2.07. The van der Waals surface area contributed by atoms with Gasteiger partial charge in [-0.1, -0.05) is 12.2 Å². The standard InChI is InChI=1S/C9H15NO2/c1-3-12-9(11)5-8-4-7(2)6-10-8/h8,10H,2-6H2,1H3/t8-/m0/s1. The normalized spacial score (nSPS) is 22.8. The van der Waals surface area contributed by atoms with E-state index in [1.807, 2.05) is 6.92 Å². The number of carbonyl (C=O) groups is 1. The van der Waals surface area contributed by atoms with E-state index in [2.05, 4.69) is 11.9 Å². The van der Waals surface area contributed by atoms with Crippen molar-refractivity contribution in [3.8, 4) is 0 Å². The number of hydrogen-bond acceptors (Lipinski definition) is 3. The predicted molar refractivity (Wildman–Crippen MR) is 46.8 cm³/mol. The van der Waals surface area contributed by atoms with Gasteiger partial charge < -0.3 is 10.1 Å². The van der Waals surface area contributed by atoms with Gasteiger partial charge in [0.2, 0.25) is 0 Å². The Morgan fingerprint density at radius 3 is 3.08 bits per heavy atom. The molecule has 1 saturated heterocycles. The fourth-order valence-electron chi connectivity index (χ4n) is 1.35. The lowest BCUT2D eigenvalue weighted by molar-refractivity contribution is -0.143. The van der Waals surface area contributed by atoms with Gasteiger partial charge in [-0.25, -0.2) is 0 Å². The van der Waals surface area contributed by atoms with Crippen molar-refractivity contribution in [1.29, 1.82) is 0 Å². The molecule has 68 valence electrons. The summed E-state index contributed by atoms with van der Waals surface area (Å²) in [7, 11) is 0. The van der Waals surface area contributed by atoms with E-state index in [0.29, 0.717) is 13.0 Å². The summed E-state index contributed by atoms with van der Waals surface area (Å²) in [6, 6.07) is 0.247. The summed E-state index contributed by atoms with van der Waals surface area (Å²) >= 11 is 0. The van der Waals surface area contributed by atoms with Gasteiger partial charge in [0.05, 0.1) is 13.0 Å². The first-order chi connectivity index (χ1) is 5.72. The van der Waals surface area contributed by atoms with E-state index < -0.39 is 0 Å². The first-order valence-electron chi connectivity index (χ1n) is 4.28. The molecule has 3 nitrogen and oxygen atoms in total. The van der Waals surface area contributed by atoms with Crippen molar-refractivity contribution in [3.05, 3.63) is 12.2 Å². The van der Waals surface area contributed by atoms with Crippen molar-refractivity contribution < 1.29 is 9.53 Å². The molecule has 0 aliphatic carbocycles. The summed E-state index contributed by atoms with van der Waals surface area (Å²) in [6.45, 7) is 6.96. The van der Waals surface area contributed by atoms with Gasteiger partial charge in [-0.2, -0.15) is 0 Å². The Morgan fingerprint density at radius 2 is 2.58 bits per heavy atom. The quantitative estimate of drug-likeness (QED) is 0.503. The van der Waals surface area contributed by atoms with Gasteiger partial charge in [0.1, 0.15) is 0 Å². The second-order valence-corrected chi connectivity index (χ2v) is 3.04. The molecule has 12 heavy (non-hydrogen) atoms. The zero-order valence-electron chi connectivity index (χ0n) is 7.43. The van der Waals surface area contributed by atoms with E-state index in [9.17, 15) is 4.79 Å². The van der Waals surface area contributed by atoms with E-state index in [1.54, 1.807) is 0 Å². The summed E-state index contributed by atoms with van der Waals surface area (Å²) in [5, 5.41) is 3.20. The van der Waals surface area contributed by atoms with Gasteiger partial charge >= 0.3 is 5.97 Å². The Labute approximate surface area is 72.8 Å². The summed E-state index contributed by atoms with van der Waals surface area (Å²) < 4.78 is 4.83. The van der Waals surface area contributed by atoms with Crippen LogP contribution in [0.1, 0.15) is 19.8 Å². The van der Waals surface area contributed by atoms with Crippen LogP contribution < -0.4 is 5.32 Å². The highest BCUT2D eigenvalue weighted by molar-refractivity contribution is 5.70. The van der Waals surface area contributed by atoms with Crippen LogP contribution in [0.25, 0.3) is 0 Å². The van der Waals surface area contributed by atoms with Crippen LogP contribution in [0, 0.1) is 0 Å². The van der Waals surface area contributed by atoms with Crippen LogP contribution in [0.3, 0.4) is 0 Å². The Bertz CT molecular complexity index is 189. The molecule has 3 heteroatoms. The van der Waals surface area contributed by atoms with Crippen LogP contribution in [0.5, 0.6) is 0 Å². The van der Waals surface area contributed by atoms with Crippen molar-refractivity contribution in [2.45, 2.75) is 25.8 Å². The average molecular weight is 169 g/mol. The minimum atomic E-state index is -0.121. The third-order valence-corrected chi connectivity index (χ3v) is 1.89. The van der Waals surface area contributed by atoms with E-state index in [1.165, 1.54) is 5.57 Å². The second kappa shape index (κ2) is 4.26. The maximum absolute atomic E-state index is 11.0. The van der Waals surface area contributed by atoms with Crippen molar-refractivity contribution in [3.63, 3.8) is 0 Å². The Hall–Kier alpha value is -0.830. The third-order valence-electron chi connectivity index (χ3n) is 1.89. The first kappa shape index (κ1) is 9.26. The third kappa shape index (κ3) is 2.66. The van der Waals surface area contributed by atoms with Crippen molar-refractivity contribution in [2.24, 2.45) is 0 Å². The fraction of sp³-hybridized carbons (Fsp3) is 0.667. The van der Waals surface area contributed by atoms with Gasteiger partial charge in [-0.15, -0.1) is 0 Å². The number of rotatable bonds is 3. The molecule has 1 aliphatic rings. The van der Waals surface area contributed by atoms with Crippen molar-refractivity contribution in [1.82, 2.24) is 5.32 Å². The Morgan fingerprint density at radius 1 is 1.83 bits per heavy atom. The molecule has 0 spiro atoms. The van der Waals surface area contributed by atoms with Crippen molar-refractivity contribution in [2.75, 3.05) is 13.2 Å². The molecule has 0 aromatic heterocycles. The van der Waals surface area contributed by atoms with E-state index >= 15 is 0 Å². The molecule has 1 heterocycles. The Kier molecular flexibility index (Phi) is 3.29. The SMILES string of the molecule is C=C1CN[C@H](CC(=O)OCC)C1.